The van der Waals surface area contributed by atoms with E-state index in [0.717, 1.165) is 25.2 Å². The van der Waals surface area contributed by atoms with Gasteiger partial charge in [0, 0.05) is 12.5 Å². The highest BCUT2D eigenvalue weighted by molar-refractivity contribution is 5.01. The molecule has 1 unspecified atom stereocenters. The van der Waals surface area contributed by atoms with Crippen LogP contribution < -0.4 is 0 Å². The van der Waals surface area contributed by atoms with E-state index in [4.69, 9.17) is 9.84 Å². The zero-order valence-corrected chi connectivity index (χ0v) is 6.34. The molecule has 1 saturated heterocycles. The maximum atomic E-state index is 8.69. The van der Waals surface area contributed by atoms with Crippen LogP contribution in [0.4, 0.5) is 0 Å². The Morgan fingerprint density at radius 2 is 2.60 bits per heavy atom. The van der Waals surface area contributed by atoms with Crippen molar-refractivity contribution in [3.63, 3.8) is 0 Å². The fraction of sp³-hybridized carbons (Fsp3) is 0.750. The predicted octanol–water partition coefficient (Wildman–Crippen LogP) is 0.962. The topological polar surface area (TPSA) is 29.5 Å². The largest absolute Gasteiger partial charge is 0.392 e. The number of ether oxygens (including phenoxy) is 1. The van der Waals surface area contributed by atoms with Gasteiger partial charge in [0.25, 0.3) is 0 Å². The molecule has 1 aliphatic heterocycles. The second-order valence-electron chi connectivity index (χ2n) is 2.79. The first kappa shape index (κ1) is 7.76. The Hall–Kier alpha value is -0.340. The van der Waals surface area contributed by atoms with Gasteiger partial charge in [0.15, 0.2) is 0 Å². The summed E-state index contributed by atoms with van der Waals surface area (Å²) in [5.41, 5.74) is 1.05. The van der Waals surface area contributed by atoms with E-state index in [1.807, 2.05) is 6.92 Å². The molecule has 1 aliphatic rings. The molecule has 2 heteroatoms. The monoisotopic (exact) mass is 142 g/mol. The van der Waals surface area contributed by atoms with Crippen molar-refractivity contribution in [1.82, 2.24) is 0 Å². The quantitative estimate of drug-likeness (QED) is 0.582. The molecule has 0 aromatic rings. The van der Waals surface area contributed by atoms with Crippen molar-refractivity contribution in [2.75, 3.05) is 19.8 Å². The Bertz CT molecular complexity index is 123. The third kappa shape index (κ3) is 2.12. The van der Waals surface area contributed by atoms with E-state index in [2.05, 4.69) is 6.08 Å². The summed E-state index contributed by atoms with van der Waals surface area (Å²) in [6.45, 7) is 3.83. The van der Waals surface area contributed by atoms with Crippen LogP contribution >= 0.6 is 0 Å². The van der Waals surface area contributed by atoms with Crippen LogP contribution in [0.3, 0.4) is 0 Å². The lowest BCUT2D eigenvalue weighted by Gasteiger charge is -2.00. The van der Waals surface area contributed by atoms with E-state index in [1.165, 1.54) is 0 Å². The van der Waals surface area contributed by atoms with Crippen LogP contribution in [0.5, 0.6) is 0 Å². The average Bonchev–Trinajstić information content (AvgIpc) is 2.40. The molecule has 1 heterocycles. The van der Waals surface area contributed by atoms with Gasteiger partial charge in [-0.15, -0.1) is 0 Å². The molecule has 0 aromatic heterocycles. The SMILES string of the molecule is C/C(=C\C1CCOC1)CO. The predicted molar refractivity (Wildman–Crippen MR) is 39.8 cm³/mol. The van der Waals surface area contributed by atoms with Crippen LogP contribution in [0.1, 0.15) is 13.3 Å². The number of aliphatic hydroxyl groups is 1. The standard InChI is InChI=1S/C8H14O2/c1-7(5-9)4-8-2-3-10-6-8/h4,8-9H,2-3,5-6H2,1H3/b7-4+. The van der Waals surface area contributed by atoms with E-state index in [0.29, 0.717) is 5.92 Å². The molecule has 1 rings (SSSR count). The lowest BCUT2D eigenvalue weighted by molar-refractivity contribution is 0.191. The normalized spacial score (nSPS) is 27.4. The van der Waals surface area contributed by atoms with Crippen molar-refractivity contribution in [3.05, 3.63) is 11.6 Å². The molecular formula is C8H14O2. The summed E-state index contributed by atoms with van der Waals surface area (Å²) in [7, 11) is 0. The van der Waals surface area contributed by atoms with Gasteiger partial charge in [0.05, 0.1) is 13.2 Å². The Morgan fingerprint density at radius 1 is 1.80 bits per heavy atom. The lowest BCUT2D eigenvalue weighted by atomic mass is 10.1. The van der Waals surface area contributed by atoms with Crippen molar-refractivity contribution in [1.29, 1.82) is 0 Å². The molecule has 0 aliphatic carbocycles. The molecule has 0 bridgehead atoms. The Labute approximate surface area is 61.5 Å². The van der Waals surface area contributed by atoms with Gasteiger partial charge < -0.3 is 9.84 Å². The van der Waals surface area contributed by atoms with Gasteiger partial charge in [-0.1, -0.05) is 11.6 Å². The molecule has 0 amide bonds. The van der Waals surface area contributed by atoms with Crippen LogP contribution in [-0.4, -0.2) is 24.9 Å². The highest BCUT2D eigenvalue weighted by atomic mass is 16.5. The highest BCUT2D eigenvalue weighted by Gasteiger charge is 2.12. The van der Waals surface area contributed by atoms with Crippen LogP contribution in [0.15, 0.2) is 11.6 Å². The minimum Gasteiger partial charge on any atom is -0.392 e. The molecular weight excluding hydrogens is 128 g/mol. The summed E-state index contributed by atoms with van der Waals surface area (Å²) < 4.78 is 5.18. The maximum absolute atomic E-state index is 8.69. The number of aliphatic hydroxyl groups excluding tert-OH is 1. The van der Waals surface area contributed by atoms with E-state index in [1.54, 1.807) is 0 Å². The fourth-order valence-electron chi connectivity index (χ4n) is 1.14. The number of hydrogen-bond acceptors (Lipinski definition) is 2. The molecule has 0 saturated carbocycles. The molecule has 2 nitrogen and oxygen atoms in total. The fourth-order valence-corrected chi connectivity index (χ4v) is 1.14. The number of rotatable bonds is 2. The van der Waals surface area contributed by atoms with Crippen LogP contribution in [0.2, 0.25) is 0 Å². The Balaban J connectivity index is 2.34. The van der Waals surface area contributed by atoms with Gasteiger partial charge in [-0.05, 0) is 13.3 Å². The van der Waals surface area contributed by atoms with Gasteiger partial charge in [0.2, 0.25) is 0 Å². The second kappa shape index (κ2) is 3.74. The molecule has 0 radical (unpaired) electrons. The third-order valence-corrected chi connectivity index (χ3v) is 1.73. The lowest BCUT2D eigenvalue weighted by Crippen LogP contribution is -1.96. The van der Waals surface area contributed by atoms with Crippen LogP contribution in [0, 0.1) is 5.92 Å². The summed E-state index contributed by atoms with van der Waals surface area (Å²) in [5, 5.41) is 8.69. The summed E-state index contributed by atoms with van der Waals surface area (Å²) in [6.07, 6.45) is 3.21. The van der Waals surface area contributed by atoms with Crippen LogP contribution in [-0.2, 0) is 4.74 Å². The summed E-state index contributed by atoms with van der Waals surface area (Å²) >= 11 is 0. The molecule has 1 N–H and O–H groups in total. The average molecular weight is 142 g/mol. The van der Waals surface area contributed by atoms with E-state index in [9.17, 15) is 0 Å². The minimum absolute atomic E-state index is 0.177. The van der Waals surface area contributed by atoms with Crippen molar-refractivity contribution in [3.8, 4) is 0 Å². The van der Waals surface area contributed by atoms with Crippen LogP contribution in [0.25, 0.3) is 0 Å². The van der Waals surface area contributed by atoms with E-state index in [-0.39, 0.29) is 6.61 Å². The first-order valence-electron chi connectivity index (χ1n) is 3.69. The first-order valence-corrected chi connectivity index (χ1v) is 3.69. The first-order chi connectivity index (χ1) is 4.83. The smallest absolute Gasteiger partial charge is 0.0639 e. The van der Waals surface area contributed by atoms with E-state index >= 15 is 0 Å². The molecule has 1 fully saturated rings. The zero-order chi connectivity index (χ0) is 7.40. The zero-order valence-electron chi connectivity index (χ0n) is 6.34. The number of hydrogen-bond donors (Lipinski definition) is 1. The Morgan fingerprint density at radius 3 is 3.10 bits per heavy atom. The highest BCUT2D eigenvalue weighted by Crippen LogP contribution is 2.14. The van der Waals surface area contributed by atoms with Crippen molar-refractivity contribution >= 4 is 0 Å². The maximum Gasteiger partial charge on any atom is 0.0639 e. The van der Waals surface area contributed by atoms with Gasteiger partial charge in [-0.25, -0.2) is 0 Å². The molecule has 58 valence electrons. The minimum atomic E-state index is 0.177. The molecule has 0 aromatic carbocycles. The summed E-state index contributed by atoms with van der Waals surface area (Å²) in [5.74, 6) is 0.548. The van der Waals surface area contributed by atoms with Gasteiger partial charge >= 0.3 is 0 Å². The van der Waals surface area contributed by atoms with Gasteiger partial charge in [-0.3, -0.25) is 0 Å². The molecule has 0 spiro atoms. The summed E-state index contributed by atoms with van der Waals surface area (Å²) in [4.78, 5) is 0. The van der Waals surface area contributed by atoms with Gasteiger partial charge in [0.1, 0.15) is 0 Å². The van der Waals surface area contributed by atoms with Crippen molar-refractivity contribution in [2.45, 2.75) is 13.3 Å². The second-order valence-corrected chi connectivity index (χ2v) is 2.79. The molecule has 1 atom stereocenters. The molecule has 10 heavy (non-hydrogen) atoms. The van der Waals surface area contributed by atoms with Crippen molar-refractivity contribution < 1.29 is 9.84 Å². The summed E-state index contributed by atoms with van der Waals surface area (Å²) in [6, 6.07) is 0. The van der Waals surface area contributed by atoms with Gasteiger partial charge in [-0.2, -0.15) is 0 Å². The third-order valence-electron chi connectivity index (χ3n) is 1.73. The van der Waals surface area contributed by atoms with E-state index < -0.39 is 0 Å². The Kier molecular flexibility index (Phi) is 2.90. The van der Waals surface area contributed by atoms with Crippen molar-refractivity contribution in [2.24, 2.45) is 5.92 Å².